The molecule has 0 bridgehead atoms. The number of nitriles is 2. The largest absolute Gasteiger partial charge is 0.339 e. The molecule has 128 valence electrons. The third-order valence-corrected chi connectivity index (χ3v) is 4.17. The van der Waals surface area contributed by atoms with E-state index in [9.17, 15) is 10.1 Å². The maximum atomic E-state index is 11.4. The molecule has 0 aliphatic rings. The van der Waals surface area contributed by atoms with Crippen molar-refractivity contribution in [3.05, 3.63) is 41.6 Å². The molecule has 3 aromatic rings. The van der Waals surface area contributed by atoms with E-state index in [-0.39, 0.29) is 5.91 Å². The zero-order valence-electron chi connectivity index (χ0n) is 13.9. The average molecular weight is 363 g/mol. The highest BCUT2D eigenvalue weighted by Gasteiger charge is 2.19. The Morgan fingerprint density at radius 3 is 2.77 bits per heavy atom. The first-order chi connectivity index (χ1) is 12.6. The van der Waals surface area contributed by atoms with Gasteiger partial charge in [0.1, 0.15) is 22.3 Å². The lowest BCUT2D eigenvalue weighted by atomic mass is 10.2. The molecule has 9 heteroatoms. The molecule has 0 aliphatic heterocycles. The van der Waals surface area contributed by atoms with Crippen molar-refractivity contribution >= 4 is 40.5 Å². The number of thioether (sulfide) groups is 1. The van der Waals surface area contributed by atoms with Crippen LogP contribution in [-0.2, 0) is 4.79 Å². The minimum atomic E-state index is -0.243. The van der Waals surface area contributed by atoms with E-state index in [1.165, 1.54) is 29.4 Å². The van der Waals surface area contributed by atoms with E-state index in [4.69, 9.17) is 5.26 Å². The van der Waals surface area contributed by atoms with Gasteiger partial charge in [-0.05, 0) is 24.5 Å². The number of aromatic nitrogens is 3. The van der Waals surface area contributed by atoms with Gasteiger partial charge < -0.3 is 10.6 Å². The number of fused-ring (bicyclic) bond motifs is 1. The maximum Gasteiger partial charge on any atom is 0.221 e. The highest BCUT2D eigenvalue weighted by molar-refractivity contribution is 7.98. The van der Waals surface area contributed by atoms with Gasteiger partial charge in [-0.1, -0.05) is 6.07 Å². The van der Waals surface area contributed by atoms with Crippen molar-refractivity contribution < 1.29 is 4.79 Å². The summed E-state index contributed by atoms with van der Waals surface area (Å²) in [6, 6.07) is 11.1. The van der Waals surface area contributed by atoms with Crippen LogP contribution in [0.5, 0.6) is 0 Å². The number of rotatable bonds is 4. The molecule has 26 heavy (non-hydrogen) atoms. The lowest BCUT2D eigenvalue weighted by molar-refractivity contribution is -0.114. The molecule has 0 atom stereocenters. The van der Waals surface area contributed by atoms with E-state index in [1.807, 2.05) is 6.26 Å². The number of benzene rings is 1. The predicted molar refractivity (Wildman–Crippen MR) is 98.2 cm³/mol. The van der Waals surface area contributed by atoms with E-state index in [1.54, 1.807) is 24.3 Å². The summed E-state index contributed by atoms with van der Waals surface area (Å²) in [5.74, 6) is 0.168. The molecule has 0 unspecified atom stereocenters. The minimum absolute atomic E-state index is 0.243. The Kier molecular flexibility index (Phi) is 4.74. The minimum Gasteiger partial charge on any atom is -0.339 e. The first kappa shape index (κ1) is 17.3. The van der Waals surface area contributed by atoms with Crippen LogP contribution in [0.3, 0.4) is 0 Å². The van der Waals surface area contributed by atoms with Crippen molar-refractivity contribution in [1.29, 1.82) is 10.5 Å². The first-order valence-corrected chi connectivity index (χ1v) is 8.70. The number of hydrogen-bond acceptors (Lipinski definition) is 7. The molecule has 0 aliphatic carbocycles. The molecule has 1 amide bonds. The molecule has 0 saturated carbocycles. The van der Waals surface area contributed by atoms with Crippen molar-refractivity contribution in [2.45, 2.75) is 11.9 Å². The molecule has 1 aromatic carbocycles. The van der Waals surface area contributed by atoms with Crippen LogP contribution in [0.2, 0.25) is 0 Å². The van der Waals surface area contributed by atoms with Crippen LogP contribution in [0.4, 0.5) is 17.2 Å². The van der Waals surface area contributed by atoms with Crippen molar-refractivity contribution in [2.24, 2.45) is 0 Å². The van der Waals surface area contributed by atoms with Crippen LogP contribution in [0.15, 0.2) is 35.5 Å². The monoisotopic (exact) mass is 363 g/mol. The summed E-state index contributed by atoms with van der Waals surface area (Å²) in [5, 5.41) is 29.3. The Hall–Kier alpha value is -3.56. The van der Waals surface area contributed by atoms with Gasteiger partial charge in [-0.15, -0.1) is 11.8 Å². The highest BCUT2D eigenvalue weighted by Crippen LogP contribution is 2.30. The molecule has 2 heterocycles. The second-order valence-electron chi connectivity index (χ2n) is 5.25. The zero-order valence-corrected chi connectivity index (χ0v) is 14.8. The maximum absolute atomic E-state index is 11.4. The number of carbonyl (C=O) groups is 1. The van der Waals surface area contributed by atoms with E-state index in [0.29, 0.717) is 39.0 Å². The Labute approximate surface area is 153 Å². The summed E-state index contributed by atoms with van der Waals surface area (Å²) in [6.45, 7) is 1.40. The fourth-order valence-electron chi connectivity index (χ4n) is 2.42. The summed E-state index contributed by atoms with van der Waals surface area (Å²) >= 11 is 1.32. The van der Waals surface area contributed by atoms with Gasteiger partial charge in [0.15, 0.2) is 11.5 Å². The molecule has 8 nitrogen and oxygen atoms in total. The van der Waals surface area contributed by atoms with Crippen LogP contribution in [0.1, 0.15) is 18.1 Å². The van der Waals surface area contributed by atoms with Crippen LogP contribution >= 0.6 is 11.8 Å². The highest BCUT2D eigenvalue weighted by atomic mass is 32.2. The van der Waals surface area contributed by atoms with Gasteiger partial charge in [-0.2, -0.15) is 20.1 Å². The van der Waals surface area contributed by atoms with Gasteiger partial charge in [0.2, 0.25) is 5.91 Å². The normalized spacial score (nSPS) is 10.2. The fourth-order valence-corrected chi connectivity index (χ4v) is 2.94. The average Bonchev–Trinajstić information content (AvgIpc) is 3.03. The second-order valence-corrected chi connectivity index (χ2v) is 6.04. The molecular formula is C17H13N7OS. The molecular weight excluding hydrogens is 350 g/mol. The molecule has 3 rings (SSSR count). The SMILES string of the molecule is CSc1nc2c(NC(C)=O)cnn2c(Nc2cccc(C#N)c2)c1C#N. The summed E-state index contributed by atoms with van der Waals surface area (Å²) in [7, 11) is 0. The fraction of sp³-hybridized carbons (Fsp3) is 0.118. The molecule has 0 fully saturated rings. The zero-order chi connectivity index (χ0) is 18.7. The van der Waals surface area contributed by atoms with Crippen LogP contribution in [0.25, 0.3) is 5.65 Å². The predicted octanol–water partition coefficient (Wildman–Crippen LogP) is 2.90. The molecule has 2 N–H and O–H groups in total. The third-order valence-electron chi connectivity index (χ3n) is 3.48. The summed E-state index contributed by atoms with van der Waals surface area (Å²) < 4.78 is 1.46. The van der Waals surface area contributed by atoms with Gasteiger partial charge in [0, 0.05) is 12.6 Å². The number of nitrogens with one attached hydrogen (secondary N) is 2. The van der Waals surface area contributed by atoms with Crippen molar-refractivity contribution in [3.63, 3.8) is 0 Å². The van der Waals surface area contributed by atoms with E-state index >= 15 is 0 Å². The smallest absolute Gasteiger partial charge is 0.221 e. The van der Waals surface area contributed by atoms with Crippen LogP contribution in [-0.4, -0.2) is 26.8 Å². The summed E-state index contributed by atoms with van der Waals surface area (Å²) in [4.78, 5) is 15.8. The number of nitrogens with zero attached hydrogens (tertiary/aromatic N) is 5. The van der Waals surface area contributed by atoms with Gasteiger partial charge in [0.25, 0.3) is 0 Å². The number of anilines is 3. The van der Waals surface area contributed by atoms with Crippen molar-refractivity contribution in [1.82, 2.24) is 14.6 Å². The lowest BCUT2D eigenvalue weighted by Crippen LogP contribution is -2.09. The Morgan fingerprint density at radius 1 is 1.31 bits per heavy atom. The third kappa shape index (κ3) is 3.16. The quantitative estimate of drug-likeness (QED) is 0.540. The molecule has 0 spiro atoms. The van der Waals surface area contributed by atoms with Crippen molar-refractivity contribution in [3.8, 4) is 12.1 Å². The van der Waals surface area contributed by atoms with Crippen LogP contribution < -0.4 is 10.6 Å². The van der Waals surface area contributed by atoms with Gasteiger partial charge in [0.05, 0.1) is 17.8 Å². The standard InChI is InChI=1S/C17H13N7OS/c1-10(25)21-14-9-20-24-15(13(8-19)17(26-2)23-16(14)24)22-12-5-3-4-11(6-12)7-18/h3-6,9,22H,1-2H3,(H,21,25). The summed E-state index contributed by atoms with van der Waals surface area (Å²) in [5.41, 5.74) is 2.32. The summed E-state index contributed by atoms with van der Waals surface area (Å²) in [6.07, 6.45) is 3.29. The number of amides is 1. The Balaban J connectivity index is 2.21. The van der Waals surface area contributed by atoms with Gasteiger partial charge >= 0.3 is 0 Å². The van der Waals surface area contributed by atoms with Gasteiger partial charge in [-0.25, -0.2) is 4.98 Å². The lowest BCUT2D eigenvalue weighted by Gasteiger charge is -2.13. The Morgan fingerprint density at radius 2 is 2.12 bits per heavy atom. The molecule has 0 saturated heterocycles. The first-order valence-electron chi connectivity index (χ1n) is 7.48. The topological polar surface area (TPSA) is 119 Å². The van der Waals surface area contributed by atoms with Crippen molar-refractivity contribution in [2.75, 3.05) is 16.9 Å². The second kappa shape index (κ2) is 7.13. The van der Waals surface area contributed by atoms with E-state index in [0.717, 1.165) is 0 Å². The van der Waals surface area contributed by atoms with E-state index in [2.05, 4.69) is 32.9 Å². The Bertz CT molecular complexity index is 1090. The van der Waals surface area contributed by atoms with Crippen LogP contribution in [0, 0.1) is 22.7 Å². The molecule has 2 aromatic heterocycles. The molecule has 0 radical (unpaired) electrons. The van der Waals surface area contributed by atoms with E-state index < -0.39 is 0 Å². The number of carbonyl (C=O) groups excluding carboxylic acids is 1. The van der Waals surface area contributed by atoms with Gasteiger partial charge in [-0.3, -0.25) is 4.79 Å². The number of hydrogen-bond donors (Lipinski definition) is 2.